The Morgan fingerprint density at radius 2 is 2.00 bits per heavy atom. The Morgan fingerprint density at radius 3 is 2.60 bits per heavy atom. The summed E-state index contributed by atoms with van der Waals surface area (Å²) in [5.74, 6) is 1.10. The predicted octanol–water partition coefficient (Wildman–Crippen LogP) is 3.82. The van der Waals surface area contributed by atoms with Crippen LogP contribution in [0.15, 0.2) is 29.2 Å². The number of rotatable bonds is 6. The highest BCUT2D eigenvalue weighted by molar-refractivity contribution is 7.99. The molecule has 1 aromatic rings. The molecule has 0 saturated carbocycles. The van der Waals surface area contributed by atoms with Crippen LogP contribution in [0.1, 0.15) is 20.3 Å². The van der Waals surface area contributed by atoms with E-state index >= 15 is 0 Å². The van der Waals surface area contributed by atoms with Crippen molar-refractivity contribution < 1.29 is 0 Å². The van der Waals surface area contributed by atoms with Crippen LogP contribution < -0.4 is 5.32 Å². The van der Waals surface area contributed by atoms with Crippen LogP contribution in [0.2, 0.25) is 5.02 Å². The zero-order valence-electron chi connectivity index (χ0n) is 9.29. The molecule has 1 rings (SSSR count). The van der Waals surface area contributed by atoms with Crippen molar-refractivity contribution in [2.75, 3.05) is 12.3 Å². The molecule has 0 heterocycles. The van der Waals surface area contributed by atoms with E-state index in [1.54, 1.807) is 0 Å². The van der Waals surface area contributed by atoms with Crippen molar-refractivity contribution in [2.24, 2.45) is 0 Å². The first-order chi connectivity index (χ1) is 7.22. The number of hydrogen-bond acceptors (Lipinski definition) is 2. The summed E-state index contributed by atoms with van der Waals surface area (Å²) in [6.07, 6.45) is 1.19. The fourth-order valence-electron chi connectivity index (χ4n) is 1.20. The first-order valence-corrected chi connectivity index (χ1v) is 6.70. The van der Waals surface area contributed by atoms with E-state index in [9.17, 15) is 0 Å². The van der Waals surface area contributed by atoms with Gasteiger partial charge in [0.2, 0.25) is 0 Å². The second-order valence-electron chi connectivity index (χ2n) is 3.62. The number of halogens is 1. The Kier molecular flexibility index (Phi) is 6.15. The largest absolute Gasteiger partial charge is 0.313 e. The summed E-state index contributed by atoms with van der Waals surface area (Å²) in [7, 11) is 0. The van der Waals surface area contributed by atoms with E-state index < -0.39 is 0 Å². The monoisotopic (exact) mass is 243 g/mol. The van der Waals surface area contributed by atoms with Gasteiger partial charge < -0.3 is 5.32 Å². The van der Waals surface area contributed by atoms with Crippen LogP contribution in [0.25, 0.3) is 0 Å². The van der Waals surface area contributed by atoms with Crippen molar-refractivity contribution in [1.82, 2.24) is 5.32 Å². The standard InChI is InChI=1S/C12H18ClNS/c1-3-8-14-10(2)9-15-12-6-4-11(13)5-7-12/h4-7,10,14H,3,8-9H2,1-2H3. The fourth-order valence-corrected chi connectivity index (χ4v) is 2.22. The normalized spacial score (nSPS) is 12.7. The quantitative estimate of drug-likeness (QED) is 0.763. The van der Waals surface area contributed by atoms with Crippen LogP contribution in [-0.2, 0) is 0 Å². The Balaban J connectivity index is 2.27. The van der Waals surface area contributed by atoms with Crippen molar-refractivity contribution in [3.05, 3.63) is 29.3 Å². The third-order valence-corrected chi connectivity index (χ3v) is 3.58. The number of benzene rings is 1. The van der Waals surface area contributed by atoms with Gasteiger partial charge in [-0.15, -0.1) is 11.8 Å². The van der Waals surface area contributed by atoms with Gasteiger partial charge in [0, 0.05) is 21.7 Å². The second kappa shape index (κ2) is 7.15. The van der Waals surface area contributed by atoms with Gasteiger partial charge in [-0.05, 0) is 44.2 Å². The molecule has 1 nitrogen and oxygen atoms in total. The van der Waals surface area contributed by atoms with Crippen molar-refractivity contribution in [3.8, 4) is 0 Å². The lowest BCUT2D eigenvalue weighted by Crippen LogP contribution is -2.28. The number of thioether (sulfide) groups is 1. The minimum atomic E-state index is 0.561. The van der Waals surface area contributed by atoms with Crippen LogP contribution in [0.4, 0.5) is 0 Å². The molecule has 3 heteroatoms. The van der Waals surface area contributed by atoms with Crippen molar-refractivity contribution in [1.29, 1.82) is 0 Å². The maximum absolute atomic E-state index is 5.82. The third-order valence-electron chi connectivity index (χ3n) is 2.06. The van der Waals surface area contributed by atoms with Crippen molar-refractivity contribution in [3.63, 3.8) is 0 Å². The van der Waals surface area contributed by atoms with Crippen LogP contribution in [0, 0.1) is 0 Å². The Hall–Kier alpha value is -0.180. The minimum Gasteiger partial charge on any atom is -0.313 e. The lowest BCUT2D eigenvalue weighted by molar-refractivity contribution is 0.590. The minimum absolute atomic E-state index is 0.561. The zero-order chi connectivity index (χ0) is 11.1. The molecule has 1 N–H and O–H groups in total. The van der Waals surface area contributed by atoms with Crippen LogP contribution in [0.5, 0.6) is 0 Å². The van der Waals surface area contributed by atoms with E-state index in [-0.39, 0.29) is 0 Å². The highest BCUT2D eigenvalue weighted by atomic mass is 35.5. The van der Waals surface area contributed by atoms with Crippen molar-refractivity contribution >= 4 is 23.4 Å². The molecule has 0 aliphatic heterocycles. The highest BCUT2D eigenvalue weighted by Crippen LogP contribution is 2.20. The van der Waals surface area contributed by atoms with Gasteiger partial charge in [-0.1, -0.05) is 18.5 Å². The van der Waals surface area contributed by atoms with E-state index in [0.717, 1.165) is 17.3 Å². The lowest BCUT2D eigenvalue weighted by atomic mass is 10.3. The maximum atomic E-state index is 5.82. The maximum Gasteiger partial charge on any atom is 0.0406 e. The molecule has 0 aliphatic rings. The van der Waals surface area contributed by atoms with Gasteiger partial charge in [-0.25, -0.2) is 0 Å². The van der Waals surface area contributed by atoms with Crippen LogP contribution >= 0.6 is 23.4 Å². The fraction of sp³-hybridized carbons (Fsp3) is 0.500. The first-order valence-electron chi connectivity index (χ1n) is 5.34. The molecule has 1 unspecified atom stereocenters. The van der Waals surface area contributed by atoms with Gasteiger partial charge in [0.1, 0.15) is 0 Å². The number of hydrogen-bond donors (Lipinski definition) is 1. The van der Waals surface area contributed by atoms with Gasteiger partial charge >= 0.3 is 0 Å². The molecule has 0 spiro atoms. The van der Waals surface area contributed by atoms with Gasteiger partial charge in [0.15, 0.2) is 0 Å². The summed E-state index contributed by atoms with van der Waals surface area (Å²) in [5.41, 5.74) is 0. The summed E-state index contributed by atoms with van der Waals surface area (Å²) in [4.78, 5) is 1.28. The van der Waals surface area contributed by atoms with Gasteiger partial charge in [0.05, 0.1) is 0 Å². The Labute approximate surface area is 102 Å². The van der Waals surface area contributed by atoms with Crippen LogP contribution in [-0.4, -0.2) is 18.3 Å². The summed E-state index contributed by atoms with van der Waals surface area (Å²) < 4.78 is 0. The summed E-state index contributed by atoms with van der Waals surface area (Å²) in [5, 5.41) is 4.27. The molecule has 0 saturated heterocycles. The van der Waals surface area contributed by atoms with E-state index in [4.69, 9.17) is 11.6 Å². The zero-order valence-corrected chi connectivity index (χ0v) is 10.9. The molecule has 0 aliphatic carbocycles. The summed E-state index contributed by atoms with van der Waals surface area (Å²) in [6.45, 7) is 5.51. The van der Waals surface area contributed by atoms with Crippen molar-refractivity contribution in [2.45, 2.75) is 31.2 Å². The summed E-state index contributed by atoms with van der Waals surface area (Å²) >= 11 is 7.69. The predicted molar refractivity (Wildman–Crippen MR) is 69.9 cm³/mol. The smallest absolute Gasteiger partial charge is 0.0406 e. The molecule has 15 heavy (non-hydrogen) atoms. The average molecular weight is 244 g/mol. The average Bonchev–Trinajstić information content (AvgIpc) is 2.25. The van der Waals surface area contributed by atoms with E-state index in [0.29, 0.717) is 6.04 Å². The van der Waals surface area contributed by atoms with Gasteiger partial charge in [0.25, 0.3) is 0 Å². The van der Waals surface area contributed by atoms with Crippen LogP contribution in [0.3, 0.4) is 0 Å². The Bertz CT molecular complexity index is 273. The number of nitrogens with one attached hydrogen (secondary N) is 1. The molecule has 0 bridgehead atoms. The highest BCUT2D eigenvalue weighted by Gasteiger charge is 2.01. The molecule has 0 fully saturated rings. The van der Waals surface area contributed by atoms with E-state index in [1.165, 1.54) is 11.3 Å². The van der Waals surface area contributed by atoms with E-state index in [2.05, 4.69) is 31.3 Å². The molecule has 0 radical (unpaired) electrons. The molecule has 1 atom stereocenters. The van der Waals surface area contributed by atoms with Gasteiger partial charge in [-0.2, -0.15) is 0 Å². The molecule has 0 aromatic heterocycles. The lowest BCUT2D eigenvalue weighted by Gasteiger charge is -2.12. The second-order valence-corrected chi connectivity index (χ2v) is 5.15. The molecular weight excluding hydrogens is 226 g/mol. The molecule has 1 aromatic carbocycles. The molecular formula is C12H18ClNS. The molecule has 84 valence electrons. The van der Waals surface area contributed by atoms with E-state index in [1.807, 2.05) is 23.9 Å². The molecule has 0 amide bonds. The third kappa shape index (κ3) is 5.45. The Morgan fingerprint density at radius 1 is 1.33 bits per heavy atom. The first kappa shape index (κ1) is 12.9. The SMILES string of the molecule is CCCNC(C)CSc1ccc(Cl)cc1. The summed E-state index contributed by atoms with van der Waals surface area (Å²) in [6, 6.07) is 8.58. The van der Waals surface area contributed by atoms with Gasteiger partial charge in [-0.3, -0.25) is 0 Å². The topological polar surface area (TPSA) is 12.0 Å².